The van der Waals surface area contributed by atoms with E-state index in [0.717, 1.165) is 22.8 Å². The standard InChI is InChI=1S/C20H18N6/c1-25-16-11-6-5-10-15(16)23-19-18(25)24-17(14-8-3-2-4-9-14)26(19)20-21-12-7-13-22-20/h2-13,18-19,23H,1H3/t18-,19-/m1/s1. The first-order valence-corrected chi connectivity index (χ1v) is 8.61. The Kier molecular flexibility index (Phi) is 3.35. The van der Waals surface area contributed by atoms with Gasteiger partial charge in [-0.15, -0.1) is 0 Å². The van der Waals surface area contributed by atoms with Crippen LogP contribution in [0.25, 0.3) is 0 Å². The van der Waals surface area contributed by atoms with Gasteiger partial charge in [0.05, 0.1) is 11.4 Å². The van der Waals surface area contributed by atoms with Crippen LogP contribution >= 0.6 is 0 Å². The number of fused-ring (bicyclic) bond motifs is 2. The number of anilines is 3. The van der Waals surface area contributed by atoms with Gasteiger partial charge in [0.15, 0.2) is 6.17 Å². The van der Waals surface area contributed by atoms with Crippen molar-refractivity contribution in [3.63, 3.8) is 0 Å². The highest BCUT2D eigenvalue weighted by Crippen LogP contribution is 2.38. The summed E-state index contributed by atoms with van der Waals surface area (Å²) < 4.78 is 0. The van der Waals surface area contributed by atoms with Crippen molar-refractivity contribution in [2.75, 3.05) is 22.2 Å². The van der Waals surface area contributed by atoms with Gasteiger partial charge in [0.25, 0.3) is 0 Å². The number of aliphatic imine (C=N–C) groups is 1. The summed E-state index contributed by atoms with van der Waals surface area (Å²) in [5.41, 5.74) is 3.27. The Morgan fingerprint density at radius 2 is 1.62 bits per heavy atom. The maximum absolute atomic E-state index is 5.04. The molecule has 3 aromatic rings. The number of likely N-dealkylation sites (N-methyl/N-ethyl adjacent to an activating group) is 1. The third-order valence-corrected chi connectivity index (χ3v) is 4.83. The predicted molar refractivity (Wildman–Crippen MR) is 104 cm³/mol. The number of aromatic nitrogens is 2. The van der Waals surface area contributed by atoms with E-state index in [-0.39, 0.29) is 12.3 Å². The Morgan fingerprint density at radius 3 is 2.42 bits per heavy atom. The van der Waals surface area contributed by atoms with Gasteiger partial charge >= 0.3 is 0 Å². The molecule has 0 bridgehead atoms. The molecular weight excluding hydrogens is 324 g/mol. The van der Waals surface area contributed by atoms with Crippen LogP contribution in [0.1, 0.15) is 5.56 Å². The Labute approximate surface area is 151 Å². The van der Waals surface area contributed by atoms with Crippen LogP contribution in [0.4, 0.5) is 17.3 Å². The quantitative estimate of drug-likeness (QED) is 0.776. The van der Waals surface area contributed by atoms with Crippen molar-refractivity contribution in [2.45, 2.75) is 12.3 Å². The van der Waals surface area contributed by atoms with Crippen molar-refractivity contribution in [1.82, 2.24) is 9.97 Å². The Balaban J connectivity index is 1.65. The molecule has 1 N–H and O–H groups in total. The van der Waals surface area contributed by atoms with Crippen molar-refractivity contribution < 1.29 is 0 Å². The molecule has 26 heavy (non-hydrogen) atoms. The Bertz CT molecular complexity index is 956. The van der Waals surface area contributed by atoms with E-state index in [9.17, 15) is 0 Å². The fourth-order valence-electron chi connectivity index (χ4n) is 3.60. The third kappa shape index (κ3) is 2.23. The fourth-order valence-corrected chi connectivity index (χ4v) is 3.60. The van der Waals surface area contributed by atoms with Crippen molar-refractivity contribution in [2.24, 2.45) is 4.99 Å². The summed E-state index contributed by atoms with van der Waals surface area (Å²) in [6.07, 6.45) is 3.38. The minimum Gasteiger partial charge on any atom is -0.360 e. The van der Waals surface area contributed by atoms with Gasteiger partial charge in [-0.25, -0.2) is 15.0 Å². The van der Waals surface area contributed by atoms with E-state index in [1.54, 1.807) is 12.4 Å². The average molecular weight is 342 g/mol. The molecule has 1 aromatic heterocycles. The molecule has 6 heteroatoms. The second kappa shape index (κ2) is 5.84. The van der Waals surface area contributed by atoms with Gasteiger partial charge in [-0.1, -0.05) is 42.5 Å². The van der Waals surface area contributed by atoms with Crippen LogP contribution < -0.4 is 15.1 Å². The lowest BCUT2D eigenvalue weighted by Gasteiger charge is -2.40. The molecule has 3 heterocycles. The van der Waals surface area contributed by atoms with Gasteiger partial charge in [-0.05, 0) is 18.2 Å². The highest BCUT2D eigenvalue weighted by atomic mass is 15.5. The molecule has 0 saturated carbocycles. The number of rotatable bonds is 2. The lowest BCUT2D eigenvalue weighted by molar-refractivity contribution is 0.574. The smallest absolute Gasteiger partial charge is 0.232 e. The number of nitrogens with one attached hydrogen (secondary N) is 1. The highest BCUT2D eigenvalue weighted by Gasteiger charge is 2.44. The van der Waals surface area contributed by atoms with Crippen LogP contribution in [-0.2, 0) is 0 Å². The summed E-state index contributed by atoms with van der Waals surface area (Å²) in [4.78, 5) is 18.3. The van der Waals surface area contributed by atoms with Crippen LogP contribution in [0.2, 0.25) is 0 Å². The van der Waals surface area contributed by atoms with E-state index < -0.39 is 0 Å². The van der Waals surface area contributed by atoms with Crippen LogP contribution in [0.5, 0.6) is 0 Å². The molecule has 0 radical (unpaired) electrons. The Morgan fingerprint density at radius 1 is 0.885 bits per heavy atom. The molecular formula is C20H18N6. The topological polar surface area (TPSA) is 56.6 Å². The van der Waals surface area contributed by atoms with Gasteiger partial charge in [-0.2, -0.15) is 0 Å². The molecule has 5 rings (SSSR count). The molecule has 0 unspecified atom stereocenters. The maximum atomic E-state index is 5.04. The van der Waals surface area contributed by atoms with Crippen LogP contribution in [0, 0.1) is 0 Å². The van der Waals surface area contributed by atoms with E-state index >= 15 is 0 Å². The molecule has 0 fully saturated rings. The van der Waals surface area contributed by atoms with Crippen LogP contribution in [0.3, 0.4) is 0 Å². The number of benzene rings is 2. The van der Waals surface area contributed by atoms with Gasteiger partial charge < -0.3 is 10.2 Å². The van der Waals surface area contributed by atoms with Crippen molar-refractivity contribution in [3.05, 3.63) is 78.6 Å². The second-order valence-corrected chi connectivity index (χ2v) is 6.37. The third-order valence-electron chi connectivity index (χ3n) is 4.83. The van der Waals surface area contributed by atoms with E-state index in [1.807, 2.05) is 36.4 Å². The molecule has 6 nitrogen and oxygen atoms in total. The molecule has 2 aliphatic heterocycles. The lowest BCUT2D eigenvalue weighted by atomic mass is 10.1. The molecule has 2 aliphatic rings. The molecule has 0 spiro atoms. The molecule has 128 valence electrons. The van der Waals surface area contributed by atoms with Gasteiger partial charge in [0, 0.05) is 25.0 Å². The van der Waals surface area contributed by atoms with Gasteiger partial charge in [0.1, 0.15) is 12.0 Å². The minimum atomic E-state index is -0.0764. The summed E-state index contributed by atoms with van der Waals surface area (Å²) in [6.45, 7) is 0. The zero-order valence-electron chi connectivity index (χ0n) is 14.3. The second-order valence-electron chi connectivity index (χ2n) is 6.37. The van der Waals surface area contributed by atoms with E-state index in [2.05, 4.69) is 56.4 Å². The predicted octanol–water partition coefficient (Wildman–Crippen LogP) is 2.96. The monoisotopic (exact) mass is 342 g/mol. The Hall–Kier alpha value is -3.41. The summed E-state index contributed by atoms with van der Waals surface area (Å²) >= 11 is 0. The van der Waals surface area contributed by atoms with Crippen molar-refractivity contribution in [1.29, 1.82) is 0 Å². The summed E-state index contributed by atoms with van der Waals surface area (Å²) in [6, 6.07) is 20.3. The SMILES string of the molecule is CN1c2ccccc2N[C@H]2[C@@H]1N=C(c1ccccc1)N2c1ncccn1. The van der Waals surface area contributed by atoms with E-state index in [4.69, 9.17) is 4.99 Å². The average Bonchev–Trinajstić information content (AvgIpc) is 3.09. The fraction of sp³-hybridized carbons (Fsp3) is 0.150. The normalized spacial score (nSPS) is 20.9. The number of hydrogen-bond donors (Lipinski definition) is 1. The minimum absolute atomic E-state index is 0.0658. The maximum Gasteiger partial charge on any atom is 0.232 e. The zero-order valence-corrected chi connectivity index (χ0v) is 14.3. The van der Waals surface area contributed by atoms with Crippen LogP contribution in [-0.4, -0.2) is 35.2 Å². The molecule has 2 atom stereocenters. The highest BCUT2D eigenvalue weighted by molar-refractivity contribution is 6.11. The van der Waals surface area contributed by atoms with Crippen LogP contribution in [0.15, 0.2) is 78.0 Å². The lowest BCUT2D eigenvalue weighted by Crippen LogP contribution is -2.54. The summed E-state index contributed by atoms with van der Waals surface area (Å²) in [5, 5.41) is 3.63. The molecule has 0 aliphatic carbocycles. The molecule has 0 amide bonds. The summed E-state index contributed by atoms with van der Waals surface area (Å²) in [7, 11) is 2.08. The molecule has 0 saturated heterocycles. The largest absolute Gasteiger partial charge is 0.360 e. The van der Waals surface area contributed by atoms with E-state index in [1.165, 1.54) is 0 Å². The number of para-hydroxylation sites is 2. The number of amidine groups is 1. The van der Waals surface area contributed by atoms with Crippen molar-refractivity contribution >= 4 is 23.2 Å². The number of nitrogens with zero attached hydrogens (tertiary/aromatic N) is 5. The van der Waals surface area contributed by atoms with Crippen molar-refractivity contribution in [3.8, 4) is 0 Å². The van der Waals surface area contributed by atoms with Gasteiger partial charge in [0.2, 0.25) is 5.95 Å². The van der Waals surface area contributed by atoms with E-state index in [0.29, 0.717) is 5.95 Å². The first-order valence-electron chi connectivity index (χ1n) is 8.61. The first-order chi connectivity index (χ1) is 12.8. The number of hydrogen-bond acceptors (Lipinski definition) is 6. The van der Waals surface area contributed by atoms with Gasteiger partial charge in [-0.3, -0.25) is 4.90 Å². The summed E-state index contributed by atoms with van der Waals surface area (Å²) in [5.74, 6) is 1.52. The first kappa shape index (κ1) is 14.9. The zero-order chi connectivity index (χ0) is 17.5. The molecule has 2 aromatic carbocycles.